The number of nitrogens with zero attached hydrogens (tertiary/aromatic N) is 2. The summed E-state index contributed by atoms with van der Waals surface area (Å²) in [6, 6.07) is 0.652. The van der Waals surface area contributed by atoms with E-state index in [1.807, 2.05) is 7.05 Å². The minimum atomic E-state index is 0.652. The number of likely N-dealkylation sites (tertiary alicyclic amines) is 1. The fraction of sp³-hybridized carbons (Fsp3) is 0.923. The molecule has 4 nitrogen and oxygen atoms in total. The Morgan fingerprint density at radius 2 is 2.00 bits per heavy atom. The van der Waals surface area contributed by atoms with Crippen molar-refractivity contribution in [2.45, 2.75) is 32.2 Å². The van der Waals surface area contributed by atoms with E-state index in [1.165, 1.54) is 32.4 Å². The number of aliphatic imine (C=N–C) groups is 1. The lowest BCUT2D eigenvalue weighted by molar-refractivity contribution is 0.220. The molecule has 0 radical (unpaired) electrons. The lowest BCUT2D eigenvalue weighted by Gasteiger charge is -2.29. The fourth-order valence-electron chi connectivity index (χ4n) is 2.40. The quantitative estimate of drug-likeness (QED) is 0.567. The van der Waals surface area contributed by atoms with E-state index < -0.39 is 0 Å². The molecule has 2 unspecified atom stereocenters. The van der Waals surface area contributed by atoms with Gasteiger partial charge in [-0.15, -0.1) is 0 Å². The smallest absolute Gasteiger partial charge is 0.191 e. The van der Waals surface area contributed by atoms with Crippen LogP contribution < -0.4 is 10.6 Å². The van der Waals surface area contributed by atoms with Crippen LogP contribution in [0.25, 0.3) is 0 Å². The molecule has 1 saturated heterocycles. The maximum Gasteiger partial charge on any atom is 0.191 e. The van der Waals surface area contributed by atoms with Crippen LogP contribution >= 0.6 is 0 Å². The Bertz CT molecular complexity index is 269. The molecule has 1 heterocycles. The Kier molecular flexibility index (Phi) is 4.26. The van der Waals surface area contributed by atoms with Gasteiger partial charge in [0.1, 0.15) is 0 Å². The Morgan fingerprint density at radius 3 is 2.53 bits per heavy atom. The first-order valence-corrected chi connectivity index (χ1v) is 6.84. The molecule has 98 valence electrons. The Hall–Kier alpha value is -0.770. The number of piperidine rings is 1. The summed E-state index contributed by atoms with van der Waals surface area (Å²) in [5.74, 6) is 2.61. The number of nitrogens with one attached hydrogen (secondary N) is 2. The summed E-state index contributed by atoms with van der Waals surface area (Å²) in [7, 11) is 4.07. The highest BCUT2D eigenvalue weighted by Crippen LogP contribution is 2.28. The summed E-state index contributed by atoms with van der Waals surface area (Å²) in [5.41, 5.74) is 0. The van der Waals surface area contributed by atoms with Gasteiger partial charge in [0, 0.05) is 19.6 Å². The summed E-state index contributed by atoms with van der Waals surface area (Å²) in [6.07, 6.45) is 3.90. The highest BCUT2D eigenvalue weighted by Gasteiger charge is 2.33. The fourth-order valence-corrected chi connectivity index (χ4v) is 2.40. The van der Waals surface area contributed by atoms with Gasteiger partial charge < -0.3 is 15.5 Å². The average molecular weight is 238 g/mol. The monoisotopic (exact) mass is 238 g/mol. The van der Waals surface area contributed by atoms with Crippen LogP contribution in [-0.2, 0) is 0 Å². The van der Waals surface area contributed by atoms with Crippen molar-refractivity contribution in [3.05, 3.63) is 0 Å². The molecule has 2 aliphatic rings. The standard InChI is InChI=1S/C13H26N4/c1-10-8-12(10)16-13(14-2)15-9-11-4-6-17(3)7-5-11/h10-12H,4-9H2,1-3H3,(H2,14,15,16). The van der Waals surface area contributed by atoms with Crippen LogP contribution in [0.4, 0.5) is 0 Å². The van der Waals surface area contributed by atoms with Gasteiger partial charge in [0.15, 0.2) is 5.96 Å². The normalized spacial score (nSPS) is 31.4. The lowest BCUT2D eigenvalue weighted by Crippen LogP contribution is -2.43. The second kappa shape index (κ2) is 5.71. The molecular formula is C13H26N4. The van der Waals surface area contributed by atoms with Gasteiger partial charge >= 0.3 is 0 Å². The first-order chi connectivity index (χ1) is 8.19. The van der Waals surface area contributed by atoms with Gasteiger partial charge in [-0.25, -0.2) is 0 Å². The van der Waals surface area contributed by atoms with Gasteiger partial charge in [0.05, 0.1) is 0 Å². The number of guanidine groups is 1. The largest absolute Gasteiger partial charge is 0.356 e. The van der Waals surface area contributed by atoms with Crippen LogP contribution in [0, 0.1) is 11.8 Å². The maximum atomic E-state index is 4.29. The summed E-state index contributed by atoms with van der Waals surface area (Å²) < 4.78 is 0. The molecule has 2 fully saturated rings. The van der Waals surface area contributed by atoms with Crippen LogP contribution in [0.5, 0.6) is 0 Å². The third kappa shape index (κ3) is 3.87. The van der Waals surface area contributed by atoms with Gasteiger partial charge in [0.2, 0.25) is 0 Å². The van der Waals surface area contributed by atoms with Crippen LogP contribution in [0.15, 0.2) is 4.99 Å². The van der Waals surface area contributed by atoms with Crippen molar-refractivity contribution < 1.29 is 0 Å². The molecule has 0 aromatic rings. The summed E-state index contributed by atoms with van der Waals surface area (Å²) in [5, 5.41) is 6.93. The van der Waals surface area contributed by atoms with Crippen LogP contribution in [0.2, 0.25) is 0 Å². The zero-order valence-corrected chi connectivity index (χ0v) is 11.4. The van der Waals surface area contributed by atoms with Gasteiger partial charge in [-0.1, -0.05) is 6.92 Å². The van der Waals surface area contributed by atoms with E-state index in [0.29, 0.717) is 6.04 Å². The van der Waals surface area contributed by atoms with Crippen LogP contribution in [0.3, 0.4) is 0 Å². The molecule has 1 aliphatic heterocycles. The SMILES string of the molecule is CN=C(NCC1CCN(C)CC1)NC1CC1C. The molecule has 0 aromatic carbocycles. The van der Waals surface area contributed by atoms with Crippen molar-refractivity contribution in [3.8, 4) is 0 Å². The highest BCUT2D eigenvalue weighted by atomic mass is 15.2. The van der Waals surface area contributed by atoms with Crippen molar-refractivity contribution >= 4 is 5.96 Å². The molecule has 4 heteroatoms. The molecule has 2 N–H and O–H groups in total. The highest BCUT2D eigenvalue weighted by molar-refractivity contribution is 5.80. The van der Waals surface area contributed by atoms with E-state index in [0.717, 1.165) is 24.3 Å². The summed E-state index contributed by atoms with van der Waals surface area (Å²) >= 11 is 0. The third-order valence-electron chi connectivity index (χ3n) is 4.05. The molecule has 0 bridgehead atoms. The van der Waals surface area contributed by atoms with E-state index in [1.54, 1.807) is 0 Å². The molecule has 2 atom stereocenters. The second-order valence-corrected chi connectivity index (χ2v) is 5.66. The Morgan fingerprint density at radius 1 is 1.35 bits per heavy atom. The Labute approximate surface area is 105 Å². The first-order valence-electron chi connectivity index (χ1n) is 6.84. The summed E-state index contributed by atoms with van der Waals surface area (Å²) in [4.78, 5) is 6.70. The molecule has 0 spiro atoms. The van der Waals surface area contributed by atoms with E-state index in [9.17, 15) is 0 Å². The maximum absolute atomic E-state index is 4.29. The molecule has 1 saturated carbocycles. The van der Waals surface area contributed by atoms with Crippen LogP contribution in [0.1, 0.15) is 26.2 Å². The predicted octanol–water partition coefficient (Wildman–Crippen LogP) is 0.902. The Balaban J connectivity index is 1.65. The van der Waals surface area contributed by atoms with Crippen molar-refractivity contribution in [2.24, 2.45) is 16.8 Å². The van der Waals surface area contributed by atoms with Crippen molar-refractivity contribution in [1.82, 2.24) is 15.5 Å². The zero-order chi connectivity index (χ0) is 12.3. The molecule has 1 aliphatic carbocycles. The van der Waals surface area contributed by atoms with E-state index in [4.69, 9.17) is 0 Å². The van der Waals surface area contributed by atoms with Gasteiger partial charge in [-0.05, 0) is 51.2 Å². The number of rotatable bonds is 3. The second-order valence-electron chi connectivity index (χ2n) is 5.66. The van der Waals surface area contributed by atoms with Crippen molar-refractivity contribution in [1.29, 1.82) is 0 Å². The number of hydrogen-bond donors (Lipinski definition) is 2. The predicted molar refractivity (Wildman–Crippen MR) is 72.3 cm³/mol. The zero-order valence-electron chi connectivity index (χ0n) is 11.4. The van der Waals surface area contributed by atoms with Gasteiger partial charge in [-0.3, -0.25) is 4.99 Å². The molecule has 17 heavy (non-hydrogen) atoms. The van der Waals surface area contributed by atoms with Gasteiger partial charge in [0.25, 0.3) is 0 Å². The van der Waals surface area contributed by atoms with Crippen molar-refractivity contribution in [2.75, 3.05) is 33.7 Å². The lowest BCUT2D eigenvalue weighted by atomic mass is 9.97. The van der Waals surface area contributed by atoms with Crippen molar-refractivity contribution in [3.63, 3.8) is 0 Å². The average Bonchev–Trinajstić information content (AvgIpc) is 3.02. The molecule has 0 aromatic heterocycles. The van der Waals surface area contributed by atoms with E-state index in [-0.39, 0.29) is 0 Å². The first kappa shape index (κ1) is 12.7. The van der Waals surface area contributed by atoms with Crippen LogP contribution in [-0.4, -0.2) is 50.6 Å². The topological polar surface area (TPSA) is 39.7 Å². The molecule has 2 rings (SSSR count). The van der Waals surface area contributed by atoms with E-state index in [2.05, 4.69) is 34.5 Å². The summed E-state index contributed by atoms with van der Waals surface area (Å²) in [6.45, 7) is 5.81. The number of hydrogen-bond acceptors (Lipinski definition) is 2. The molecule has 0 amide bonds. The third-order valence-corrected chi connectivity index (χ3v) is 4.05. The minimum absolute atomic E-state index is 0.652. The molecular weight excluding hydrogens is 212 g/mol. The minimum Gasteiger partial charge on any atom is -0.356 e. The van der Waals surface area contributed by atoms with E-state index >= 15 is 0 Å². The van der Waals surface area contributed by atoms with Gasteiger partial charge in [-0.2, -0.15) is 0 Å².